The quantitative estimate of drug-likeness (QED) is 0.293. The number of carbonyl (C=O) groups excluding carboxylic acids is 1. The Kier molecular flexibility index (Phi) is 8.49. The molecule has 3 heterocycles. The number of allylic oxidation sites excluding steroid dienone is 1. The fourth-order valence-electron chi connectivity index (χ4n) is 3.84. The number of halogens is 1. The lowest BCUT2D eigenvalue weighted by molar-refractivity contribution is -0.115. The van der Waals surface area contributed by atoms with E-state index in [1.54, 1.807) is 11.8 Å². The van der Waals surface area contributed by atoms with Crippen LogP contribution in [0.15, 0.2) is 58.2 Å². The molecule has 0 bridgehead atoms. The summed E-state index contributed by atoms with van der Waals surface area (Å²) < 4.78 is 4.90. The number of hydrogen-bond acceptors (Lipinski definition) is 7. The van der Waals surface area contributed by atoms with Crippen molar-refractivity contribution in [1.82, 2.24) is 13.4 Å². The Labute approximate surface area is 216 Å². The fraction of sp³-hybridized carbons (Fsp3) is 0.400. The molecule has 0 atom stereocenters. The summed E-state index contributed by atoms with van der Waals surface area (Å²) in [6.07, 6.45) is 2.65. The normalized spacial score (nSPS) is 16.4. The maximum Gasteiger partial charge on any atom is 0.224 e. The molecule has 4 rings (SSSR count). The van der Waals surface area contributed by atoms with Gasteiger partial charge in [-0.3, -0.25) is 9.69 Å². The number of amides is 1. The molecule has 0 unspecified atom stereocenters. The lowest BCUT2D eigenvalue weighted by Gasteiger charge is -2.38. The van der Waals surface area contributed by atoms with Crippen molar-refractivity contribution in [2.24, 2.45) is 0 Å². The number of carbonyl (C=O) groups is 1. The molecule has 9 heteroatoms. The molecule has 1 fully saturated rings. The Hall–Kier alpha value is -2.11. The fourth-order valence-corrected chi connectivity index (χ4v) is 6.15. The number of nitrogens with one attached hydrogen (secondary N) is 3. The van der Waals surface area contributed by atoms with Crippen molar-refractivity contribution < 1.29 is 4.79 Å². The summed E-state index contributed by atoms with van der Waals surface area (Å²) in [6.45, 7) is 12.7. The van der Waals surface area contributed by atoms with Crippen LogP contribution in [0.25, 0.3) is 0 Å². The van der Waals surface area contributed by atoms with Crippen molar-refractivity contribution in [3.63, 3.8) is 0 Å². The van der Waals surface area contributed by atoms with Crippen LogP contribution in [0.4, 0.5) is 17.2 Å². The minimum atomic E-state index is -0.119. The predicted molar refractivity (Wildman–Crippen MR) is 152 cm³/mol. The van der Waals surface area contributed by atoms with Gasteiger partial charge in [-0.25, -0.2) is 4.98 Å². The second-order valence-corrected chi connectivity index (χ2v) is 12.5. The second kappa shape index (κ2) is 11.5. The van der Waals surface area contributed by atoms with E-state index < -0.39 is 0 Å². The van der Waals surface area contributed by atoms with Crippen LogP contribution in [0.1, 0.15) is 34.1 Å². The standard InChI is InChI=1S/C25H33IN6OS/c1-5-24(33)27-19-6-8-21(9-7-19)34-25-16-20(32-12-10-31(11-13-32)17(2)3)15-22(29-25)28-23-14-18(4)26-30-23/h6-9,14-17,30H,5,10-13H2,1-4H3,(H,27,33)(H,28,29). The number of anilines is 3. The number of aromatic nitrogens is 1. The minimum absolute atomic E-state index is 0.0211. The van der Waals surface area contributed by atoms with E-state index in [-0.39, 0.29) is 26.9 Å². The van der Waals surface area contributed by atoms with Gasteiger partial charge >= 0.3 is 0 Å². The minimum Gasteiger partial charge on any atom is -0.369 e. The van der Waals surface area contributed by atoms with E-state index in [9.17, 15) is 4.79 Å². The second-order valence-electron chi connectivity index (χ2n) is 8.65. The van der Waals surface area contributed by atoms with Gasteiger partial charge < -0.3 is 19.1 Å². The van der Waals surface area contributed by atoms with E-state index >= 15 is 0 Å². The van der Waals surface area contributed by atoms with Gasteiger partial charge in [0, 0.05) is 85.5 Å². The van der Waals surface area contributed by atoms with Crippen LogP contribution in [0.5, 0.6) is 0 Å². The van der Waals surface area contributed by atoms with Crippen LogP contribution in [0.3, 0.4) is 0 Å². The first-order valence-electron chi connectivity index (χ1n) is 11.7. The SMILES string of the molecule is CCC(=O)Nc1ccc(Sc2cc(N3CCN(C(C)C)CC3)cc(NC3=CC(C)=IN3)n2)cc1. The molecule has 3 N–H and O–H groups in total. The molecular formula is C25H33IN6OS. The Morgan fingerprint density at radius 3 is 2.53 bits per heavy atom. The Bertz CT molecular complexity index is 1080. The summed E-state index contributed by atoms with van der Waals surface area (Å²) in [5.41, 5.74) is 2.02. The first kappa shape index (κ1) is 25.0. The van der Waals surface area contributed by atoms with Gasteiger partial charge in [-0.05, 0) is 57.2 Å². The molecule has 1 amide bonds. The molecule has 1 saturated heterocycles. The zero-order valence-electron chi connectivity index (χ0n) is 20.2. The third-order valence-electron chi connectivity index (χ3n) is 5.78. The highest BCUT2D eigenvalue weighted by atomic mass is 127. The van der Waals surface area contributed by atoms with Gasteiger partial charge in [0.15, 0.2) is 0 Å². The highest BCUT2D eigenvalue weighted by molar-refractivity contribution is 14.2. The van der Waals surface area contributed by atoms with Gasteiger partial charge in [-0.15, -0.1) is 0 Å². The van der Waals surface area contributed by atoms with E-state index in [0.29, 0.717) is 12.5 Å². The van der Waals surface area contributed by atoms with Gasteiger partial charge in [-0.2, -0.15) is 0 Å². The van der Waals surface area contributed by atoms with Gasteiger partial charge in [0.1, 0.15) is 16.7 Å². The zero-order chi connectivity index (χ0) is 24.1. The van der Waals surface area contributed by atoms with Crippen molar-refractivity contribution in [3.05, 3.63) is 48.3 Å². The molecule has 34 heavy (non-hydrogen) atoms. The first-order chi connectivity index (χ1) is 16.4. The van der Waals surface area contributed by atoms with Gasteiger partial charge in [0.05, 0.1) is 0 Å². The van der Waals surface area contributed by atoms with Gasteiger partial charge in [0.2, 0.25) is 5.91 Å². The number of piperazine rings is 1. The van der Waals surface area contributed by atoms with E-state index in [1.165, 1.54) is 9.20 Å². The molecule has 182 valence electrons. The van der Waals surface area contributed by atoms with Crippen molar-refractivity contribution in [3.8, 4) is 0 Å². The molecule has 2 aliphatic heterocycles. The highest BCUT2D eigenvalue weighted by Crippen LogP contribution is 2.32. The van der Waals surface area contributed by atoms with E-state index in [1.807, 2.05) is 31.2 Å². The van der Waals surface area contributed by atoms with Crippen LogP contribution in [0, 0.1) is 0 Å². The number of nitrogens with zero attached hydrogens (tertiary/aromatic N) is 3. The molecule has 1 aromatic carbocycles. The largest absolute Gasteiger partial charge is 0.369 e. The van der Waals surface area contributed by atoms with E-state index in [0.717, 1.165) is 53.4 Å². The summed E-state index contributed by atoms with van der Waals surface area (Å²) in [4.78, 5) is 22.6. The lowest BCUT2D eigenvalue weighted by Crippen LogP contribution is -2.48. The van der Waals surface area contributed by atoms with Gasteiger partial charge in [-0.1, -0.05) is 18.7 Å². The van der Waals surface area contributed by atoms with Crippen LogP contribution >= 0.6 is 32.8 Å². The highest BCUT2D eigenvalue weighted by Gasteiger charge is 2.20. The van der Waals surface area contributed by atoms with Crippen LogP contribution in [0.2, 0.25) is 0 Å². The van der Waals surface area contributed by atoms with Crippen LogP contribution in [-0.4, -0.2) is 51.5 Å². The molecule has 2 aliphatic rings. The molecule has 0 spiro atoms. The van der Waals surface area contributed by atoms with Crippen LogP contribution < -0.4 is 19.1 Å². The predicted octanol–water partition coefficient (Wildman–Crippen LogP) is 5.05. The topological polar surface area (TPSA) is 72.5 Å². The first-order valence-corrected chi connectivity index (χ1v) is 14.7. The van der Waals surface area contributed by atoms with Crippen molar-refractivity contribution in [2.45, 2.75) is 50.1 Å². The van der Waals surface area contributed by atoms with E-state index in [4.69, 9.17) is 4.98 Å². The third-order valence-corrected chi connectivity index (χ3v) is 8.72. The van der Waals surface area contributed by atoms with Crippen molar-refractivity contribution in [2.75, 3.05) is 41.7 Å². The molecule has 0 saturated carbocycles. The molecule has 0 aliphatic carbocycles. The van der Waals surface area contributed by atoms with E-state index in [2.05, 4.69) is 62.9 Å². The van der Waals surface area contributed by atoms with Crippen molar-refractivity contribution in [1.29, 1.82) is 0 Å². The summed E-state index contributed by atoms with van der Waals surface area (Å²) in [5.74, 6) is 1.91. The van der Waals surface area contributed by atoms with Crippen molar-refractivity contribution >= 4 is 59.4 Å². The Balaban J connectivity index is 1.53. The summed E-state index contributed by atoms with van der Waals surface area (Å²) >= 11 is 1.52. The zero-order valence-corrected chi connectivity index (χ0v) is 23.2. The lowest BCUT2D eigenvalue weighted by atomic mass is 10.2. The summed E-state index contributed by atoms with van der Waals surface area (Å²) in [7, 11) is 0. The number of rotatable bonds is 8. The molecule has 7 nitrogen and oxygen atoms in total. The maximum atomic E-state index is 11.7. The molecular weight excluding hydrogens is 559 g/mol. The average molecular weight is 593 g/mol. The smallest absolute Gasteiger partial charge is 0.224 e. The molecule has 1 aromatic heterocycles. The van der Waals surface area contributed by atoms with Crippen LogP contribution in [-0.2, 0) is 4.79 Å². The molecule has 0 radical (unpaired) electrons. The summed E-state index contributed by atoms with van der Waals surface area (Å²) in [5, 5.41) is 7.34. The maximum absolute atomic E-state index is 11.7. The van der Waals surface area contributed by atoms with Gasteiger partial charge in [0.25, 0.3) is 0 Å². The number of pyridine rings is 1. The monoisotopic (exact) mass is 592 g/mol. The summed E-state index contributed by atoms with van der Waals surface area (Å²) in [6, 6.07) is 12.9. The Morgan fingerprint density at radius 2 is 1.91 bits per heavy atom. The number of benzene rings is 1. The average Bonchev–Trinajstić information content (AvgIpc) is 3.24. The molecule has 2 aromatic rings. The number of hydrogen-bond donors (Lipinski definition) is 3. The third kappa shape index (κ3) is 6.73. The Morgan fingerprint density at radius 1 is 1.18 bits per heavy atom.